The van der Waals surface area contributed by atoms with E-state index in [4.69, 9.17) is 10.5 Å². The van der Waals surface area contributed by atoms with E-state index < -0.39 is 30.7 Å². The number of ether oxygens (including phenoxy) is 1. The van der Waals surface area contributed by atoms with Crippen molar-refractivity contribution in [1.82, 2.24) is 19.5 Å². The fourth-order valence-corrected chi connectivity index (χ4v) is 2.64. The second kappa shape index (κ2) is 5.00. The minimum Gasteiger partial charge on any atom is -0.394 e. The van der Waals surface area contributed by atoms with E-state index in [1.54, 1.807) is 7.05 Å². The first kappa shape index (κ1) is 14.9. The van der Waals surface area contributed by atoms with Gasteiger partial charge >= 0.3 is 0 Å². The van der Waals surface area contributed by atoms with Crippen molar-refractivity contribution >= 4 is 22.9 Å². The molecule has 3 rings (SSSR count). The van der Waals surface area contributed by atoms with Gasteiger partial charge in [-0.2, -0.15) is 9.97 Å². The minimum atomic E-state index is -2.12. The number of halogens is 1. The fraction of sp³-hybridized carbons (Fsp3) is 0.583. The lowest BCUT2D eigenvalue weighted by Gasteiger charge is -2.24. The number of aliphatic hydroxyl groups is 2. The minimum absolute atomic E-state index is 0.00332. The van der Waals surface area contributed by atoms with Gasteiger partial charge in [-0.15, -0.1) is 0 Å². The molecule has 0 spiro atoms. The van der Waals surface area contributed by atoms with Gasteiger partial charge in [-0.1, -0.05) is 0 Å². The highest BCUT2D eigenvalue weighted by molar-refractivity contribution is 5.84. The summed E-state index contributed by atoms with van der Waals surface area (Å²) in [7, 11) is 1.65. The van der Waals surface area contributed by atoms with E-state index in [0.717, 1.165) is 0 Å². The Kier molecular flexibility index (Phi) is 3.38. The molecule has 4 unspecified atom stereocenters. The van der Waals surface area contributed by atoms with E-state index in [9.17, 15) is 14.6 Å². The smallest absolute Gasteiger partial charge is 0.224 e. The number of anilines is 2. The van der Waals surface area contributed by atoms with Crippen LogP contribution in [0.4, 0.5) is 16.2 Å². The van der Waals surface area contributed by atoms with Crippen molar-refractivity contribution in [3.63, 3.8) is 0 Å². The van der Waals surface area contributed by atoms with Crippen molar-refractivity contribution in [2.45, 2.75) is 31.0 Å². The third-order valence-corrected chi connectivity index (χ3v) is 3.83. The van der Waals surface area contributed by atoms with Gasteiger partial charge < -0.3 is 26.0 Å². The molecule has 1 fully saturated rings. The van der Waals surface area contributed by atoms with Crippen LogP contribution in [-0.2, 0) is 4.74 Å². The van der Waals surface area contributed by atoms with E-state index in [1.165, 1.54) is 17.8 Å². The largest absolute Gasteiger partial charge is 0.394 e. The molecule has 1 aliphatic rings. The Balaban J connectivity index is 2.13. The summed E-state index contributed by atoms with van der Waals surface area (Å²) in [6.45, 7) is 0.704. The van der Waals surface area contributed by atoms with Crippen LogP contribution in [0.1, 0.15) is 13.2 Å². The first-order valence-corrected chi connectivity index (χ1v) is 6.71. The number of hydrogen-bond acceptors (Lipinski definition) is 8. The second-order valence-electron chi connectivity index (χ2n) is 5.31. The molecule has 10 heteroatoms. The van der Waals surface area contributed by atoms with Gasteiger partial charge in [0, 0.05) is 7.05 Å². The lowest BCUT2D eigenvalue weighted by molar-refractivity contribution is -0.0566. The average Bonchev–Trinajstić information content (AvgIpc) is 2.98. The van der Waals surface area contributed by atoms with E-state index in [1.807, 2.05) is 0 Å². The van der Waals surface area contributed by atoms with Crippen LogP contribution >= 0.6 is 0 Å². The number of nitrogens with two attached hydrogens (primary N) is 1. The monoisotopic (exact) mass is 312 g/mol. The molecule has 3 heterocycles. The summed E-state index contributed by atoms with van der Waals surface area (Å²) < 4.78 is 21.6. The normalized spacial score (nSPS) is 31.8. The van der Waals surface area contributed by atoms with Gasteiger partial charge in [0.15, 0.2) is 28.9 Å². The molecule has 1 saturated heterocycles. The number of nitrogens with zero attached hydrogens (tertiary/aromatic N) is 4. The molecular formula is C12H17FN6O3. The van der Waals surface area contributed by atoms with Crippen molar-refractivity contribution in [2.24, 2.45) is 0 Å². The molecule has 1 aliphatic heterocycles. The number of aliphatic hydroxyl groups excluding tert-OH is 2. The Bertz CT molecular complexity index is 705. The zero-order valence-electron chi connectivity index (χ0n) is 12.1. The zero-order valence-corrected chi connectivity index (χ0v) is 12.1. The summed E-state index contributed by atoms with van der Waals surface area (Å²) in [5.74, 6) is 0.399. The number of nitrogens with one attached hydrogen (secondary N) is 1. The van der Waals surface area contributed by atoms with Crippen LogP contribution in [0, 0.1) is 0 Å². The van der Waals surface area contributed by atoms with Crippen LogP contribution in [0.2, 0.25) is 0 Å². The predicted molar refractivity (Wildman–Crippen MR) is 75.8 cm³/mol. The highest BCUT2D eigenvalue weighted by Gasteiger charge is 2.55. The number of fused-ring (bicyclic) bond motifs is 1. The number of alkyl halides is 1. The summed E-state index contributed by atoms with van der Waals surface area (Å²) in [4.78, 5) is 12.2. The van der Waals surface area contributed by atoms with Gasteiger partial charge in [-0.25, -0.2) is 9.37 Å². The van der Waals surface area contributed by atoms with Gasteiger partial charge in [0.05, 0.1) is 12.9 Å². The van der Waals surface area contributed by atoms with Gasteiger partial charge in [0.25, 0.3) is 0 Å². The molecule has 0 aliphatic carbocycles. The van der Waals surface area contributed by atoms with Crippen LogP contribution in [0.5, 0.6) is 0 Å². The maximum atomic E-state index is 14.9. The van der Waals surface area contributed by atoms with Crippen LogP contribution in [0.15, 0.2) is 6.33 Å². The molecule has 5 N–H and O–H groups in total. The molecule has 0 amide bonds. The summed E-state index contributed by atoms with van der Waals surface area (Å²) in [6, 6.07) is 0. The van der Waals surface area contributed by atoms with Crippen LogP contribution < -0.4 is 11.1 Å². The van der Waals surface area contributed by atoms with Crippen molar-refractivity contribution in [2.75, 3.05) is 24.7 Å². The summed E-state index contributed by atoms with van der Waals surface area (Å²) in [6.07, 6.45) is -2.35. The average molecular weight is 312 g/mol. The third-order valence-electron chi connectivity index (χ3n) is 3.83. The quantitative estimate of drug-likeness (QED) is 0.592. The third kappa shape index (κ3) is 1.99. The Morgan fingerprint density at radius 3 is 2.86 bits per heavy atom. The molecule has 0 saturated carbocycles. The molecule has 120 valence electrons. The number of rotatable bonds is 3. The lowest BCUT2D eigenvalue weighted by Crippen LogP contribution is -2.40. The molecule has 0 bridgehead atoms. The molecule has 0 radical (unpaired) electrons. The molecular weight excluding hydrogens is 295 g/mol. The van der Waals surface area contributed by atoms with Crippen molar-refractivity contribution in [3.8, 4) is 0 Å². The van der Waals surface area contributed by atoms with Crippen molar-refractivity contribution in [3.05, 3.63) is 6.33 Å². The summed E-state index contributed by atoms with van der Waals surface area (Å²) >= 11 is 0. The van der Waals surface area contributed by atoms with Crippen LogP contribution in [0.3, 0.4) is 0 Å². The van der Waals surface area contributed by atoms with Crippen LogP contribution in [-0.4, -0.2) is 61.3 Å². The number of imidazole rings is 1. The number of hydrogen-bond donors (Lipinski definition) is 4. The standard InChI is InChI=1S/C12H17FN6O3/c1-12(13)7(21)5(3-20)22-10(12)19-4-16-6-8(15-2)17-11(14)18-9(6)19/h4-5,7,10,20-21H,3H2,1-2H3,(H3,14,15,17,18). The maximum absolute atomic E-state index is 14.9. The molecule has 0 aromatic carbocycles. The Labute approximate surface area is 124 Å². The van der Waals surface area contributed by atoms with E-state index >= 15 is 0 Å². The highest BCUT2D eigenvalue weighted by atomic mass is 19.1. The van der Waals surface area contributed by atoms with Crippen molar-refractivity contribution < 1.29 is 19.3 Å². The molecule has 9 nitrogen and oxygen atoms in total. The molecule has 22 heavy (non-hydrogen) atoms. The first-order valence-electron chi connectivity index (χ1n) is 6.71. The number of aromatic nitrogens is 4. The Morgan fingerprint density at radius 2 is 2.27 bits per heavy atom. The molecule has 2 aromatic heterocycles. The summed E-state index contributed by atoms with van der Waals surface area (Å²) in [5, 5.41) is 22.0. The van der Waals surface area contributed by atoms with E-state index in [-0.39, 0.29) is 11.6 Å². The predicted octanol–water partition coefficient (Wildman–Crippen LogP) is -0.571. The van der Waals surface area contributed by atoms with E-state index in [0.29, 0.717) is 11.3 Å². The zero-order chi connectivity index (χ0) is 16.1. The van der Waals surface area contributed by atoms with Gasteiger partial charge in [0.1, 0.15) is 12.2 Å². The van der Waals surface area contributed by atoms with Gasteiger partial charge in [0.2, 0.25) is 5.95 Å². The van der Waals surface area contributed by atoms with Gasteiger partial charge in [-0.3, -0.25) is 4.57 Å². The number of nitrogen functional groups attached to an aromatic ring is 1. The highest BCUT2D eigenvalue weighted by Crippen LogP contribution is 2.42. The Hall–Kier alpha value is -2.04. The molecule has 4 atom stereocenters. The Morgan fingerprint density at radius 1 is 1.55 bits per heavy atom. The maximum Gasteiger partial charge on any atom is 0.224 e. The molecule has 2 aromatic rings. The lowest BCUT2D eigenvalue weighted by atomic mass is 9.98. The summed E-state index contributed by atoms with van der Waals surface area (Å²) in [5.41, 5.74) is 4.20. The topological polar surface area (TPSA) is 131 Å². The van der Waals surface area contributed by atoms with Crippen molar-refractivity contribution in [1.29, 1.82) is 0 Å². The first-order chi connectivity index (χ1) is 10.4. The van der Waals surface area contributed by atoms with E-state index in [2.05, 4.69) is 20.3 Å². The fourth-order valence-electron chi connectivity index (χ4n) is 2.64. The van der Waals surface area contributed by atoms with Gasteiger partial charge in [-0.05, 0) is 6.92 Å². The SMILES string of the molecule is CNc1nc(N)nc2c1ncn2C1OC(CO)C(O)C1(C)F. The second-order valence-corrected chi connectivity index (χ2v) is 5.31. The van der Waals surface area contributed by atoms with Crippen LogP contribution in [0.25, 0.3) is 11.2 Å².